The summed E-state index contributed by atoms with van der Waals surface area (Å²) in [6.45, 7) is 6.06. The number of carbonyl (C=O) groups is 2. The van der Waals surface area contributed by atoms with E-state index in [0.29, 0.717) is 13.0 Å². The van der Waals surface area contributed by atoms with Gasteiger partial charge in [-0.2, -0.15) is 0 Å². The normalized spacial score (nSPS) is 16.4. The van der Waals surface area contributed by atoms with E-state index in [0.717, 1.165) is 33.6 Å². The number of rotatable bonds is 4. The van der Waals surface area contributed by atoms with E-state index >= 15 is 0 Å². The minimum absolute atomic E-state index is 0.106. The summed E-state index contributed by atoms with van der Waals surface area (Å²) in [7, 11) is 1.64. The number of hydrogen-bond acceptors (Lipinski definition) is 5. The number of aromatic nitrogens is 2. The lowest BCUT2D eigenvalue weighted by Gasteiger charge is -2.26. The average molecular weight is 406 g/mol. The van der Waals surface area contributed by atoms with Crippen molar-refractivity contribution in [3.63, 3.8) is 0 Å². The summed E-state index contributed by atoms with van der Waals surface area (Å²) < 4.78 is 12.9. The van der Waals surface area contributed by atoms with Gasteiger partial charge in [-0.3, -0.25) is 14.6 Å². The van der Waals surface area contributed by atoms with Gasteiger partial charge in [-0.15, -0.1) is 0 Å². The van der Waals surface area contributed by atoms with Crippen LogP contribution in [-0.4, -0.2) is 34.0 Å². The Kier molecular flexibility index (Phi) is 5.10. The largest absolute Gasteiger partial charge is 0.497 e. The molecule has 1 atom stereocenters. The van der Waals surface area contributed by atoms with Gasteiger partial charge in [-0.1, -0.05) is 12.1 Å². The number of pyridine rings is 1. The molecule has 0 spiro atoms. The molecule has 1 aromatic carbocycles. The standard InChI is InChI=1S/C24H26N2O4/c1-24(2,3)30-23(28)18-12-20-17(13-21(18)27)22-19(6-5-11-25-22)26(20)14-15-7-9-16(29-4)10-8-15/h5-11,18H,12-14H2,1-4H3. The fourth-order valence-corrected chi connectivity index (χ4v) is 4.00. The number of Topliss-reactive ketones (excluding diaryl/α,β-unsaturated/α-hetero) is 1. The number of methoxy groups -OCH3 is 1. The quantitative estimate of drug-likeness (QED) is 0.488. The molecule has 4 rings (SSSR count). The highest BCUT2D eigenvalue weighted by Crippen LogP contribution is 2.33. The molecule has 0 aliphatic heterocycles. The summed E-state index contributed by atoms with van der Waals surface area (Å²) in [6.07, 6.45) is 2.27. The summed E-state index contributed by atoms with van der Waals surface area (Å²) >= 11 is 0. The van der Waals surface area contributed by atoms with Crippen LogP contribution in [0.5, 0.6) is 5.75 Å². The van der Waals surface area contributed by atoms with Gasteiger partial charge in [0.15, 0.2) is 5.78 Å². The number of ketones is 1. The SMILES string of the molecule is COc1ccc(Cn2c3c(c4ncccc42)CC(=O)C(C(=O)OC(C)(C)C)C3)cc1. The van der Waals surface area contributed by atoms with Crippen molar-refractivity contribution in [2.75, 3.05) is 7.11 Å². The van der Waals surface area contributed by atoms with Crippen LogP contribution in [0.4, 0.5) is 0 Å². The number of esters is 1. The first-order valence-corrected chi connectivity index (χ1v) is 10.1. The molecule has 3 aromatic rings. The number of hydrogen-bond donors (Lipinski definition) is 0. The Morgan fingerprint density at radius 2 is 1.93 bits per heavy atom. The molecule has 156 valence electrons. The molecule has 1 aliphatic carbocycles. The molecule has 2 aromatic heterocycles. The van der Waals surface area contributed by atoms with E-state index in [9.17, 15) is 9.59 Å². The second-order valence-corrected chi connectivity index (χ2v) is 8.66. The van der Waals surface area contributed by atoms with Gasteiger partial charge in [0.2, 0.25) is 0 Å². The third-order valence-electron chi connectivity index (χ3n) is 5.37. The lowest BCUT2D eigenvalue weighted by molar-refractivity contribution is -0.162. The summed E-state index contributed by atoms with van der Waals surface area (Å²) in [5.41, 5.74) is 4.17. The lowest BCUT2D eigenvalue weighted by Crippen LogP contribution is -2.37. The van der Waals surface area contributed by atoms with E-state index < -0.39 is 17.5 Å². The monoisotopic (exact) mass is 406 g/mol. The van der Waals surface area contributed by atoms with Crippen molar-refractivity contribution in [2.24, 2.45) is 5.92 Å². The van der Waals surface area contributed by atoms with E-state index in [-0.39, 0.29) is 12.2 Å². The second kappa shape index (κ2) is 7.59. The molecule has 0 saturated carbocycles. The minimum atomic E-state index is -0.782. The van der Waals surface area contributed by atoms with E-state index in [2.05, 4.69) is 9.55 Å². The van der Waals surface area contributed by atoms with Gasteiger partial charge < -0.3 is 14.0 Å². The fraction of sp³-hybridized carbons (Fsp3) is 0.375. The van der Waals surface area contributed by atoms with Gasteiger partial charge in [0.25, 0.3) is 0 Å². The van der Waals surface area contributed by atoms with Crippen molar-refractivity contribution in [1.29, 1.82) is 0 Å². The molecule has 0 bridgehead atoms. The fourth-order valence-electron chi connectivity index (χ4n) is 4.00. The minimum Gasteiger partial charge on any atom is -0.497 e. The summed E-state index contributed by atoms with van der Waals surface area (Å²) in [5.74, 6) is -0.538. The molecular formula is C24H26N2O4. The Hall–Kier alpha value is -3.15. The molecule has 1 unspecified atom stereocenters. The van der Waals surface area contributed by atoms with Crippen LogP contribution in [-0.2, 0) is 33.7 Å². The summed E-state index contributed by atoms with van der Waals surface area (Å²) in [6, 6.07) is 11.8. The summed E-state index contributed by atoms with van der Waals surface area (Å²) in [5, 5.41) is 0. The van der Waals surface area contributed by atoms with E-state index in [1.807, 2.05) is 57.2 Å². The van der Waals surface area contributed by atoms with E-state index in [1.165, 1.54) is 0 Å². The van der Waals surface area contributed by atoms with Crippen LogP contribution in [0.2, 0.25) is 0 Å². The van der Waals surface area contributed by atoms with Crippen LogP contribution in [0.15, 0.2) is 42.6 Å². The van der Waals surface area contributed by atoms with Gasteiger partial charge in [0.1, 0.15) is 17.3 Å². The van der Waals surface area contributed by atoms with Crippen molar-refractivity contribution in [3.8, 4) is 5.75 Å². The second-order valence-electron chi connectivity index (χ2n) is 8.66. The number of benzene rings is 1. The van der Waals surface area contributed by atoms with Crippen LogP contribution in [0.1, 0.15) is 37.6 Å². The Balaban J connectivity index is 1.74. The van der Waals surface area contributed by atoms with Crippen molar-refractivity contribution in [3.05, 3.63) is 59.4 Å². The highest BCUT2D eigenvalue weighted by atomic mass is 16.6. The van der Waals surface area contributed by atoms with Crippen LogP contribution >= 0.6 is 0 Å². The molecule has 0 N–H and O–H groups in total. The smallest absolute Gasteiger partial charge is 0.317 e. The van der Waals surface area contributed by atoms with Crippen molar-refractivity contribution >= 4 is 22.8 Å². The van der Waals surface area contributed by atoms with Crippen LogP contribution < -0.4 is 4.74 Å². The Morgan fingerprint density at radius 1 is 1.20 bits per heavy atom. The van der Waals surface area contributed by atoms with E-state index in [4.69, 9.17) is 9.47 Å². The summed E-state index contributed by atoms with van der Waals surface area (Å²) in [4.78, 5) is 30.1. The third-order valence-corrected chi connectivity index (χ3v) is 5.37. The maximum absolute atomic E-state index is 12.8. The lowest BCUT2D eigenvalue weighted by atomic mass is 9.86. The number of carbonyl (C=O) groups excluding carboxylic acids is 2. The molecular weight excluding hydrogens is 380 g/mol. The number of ether oxygens (including phenoxy) is 2. The van der Waals surface area contributed by atoms with Crippen molar-refractivity contribution in [2.45, 2.75) is 45.8 Å². The molecule has 2 heterocycles. The average Bonchev–Trinajstić information content (AvgIpc) is 2.99. The van der Waals surface area contributed by atoms with Gasteiger partial charge >= 0.3 is 5.97 Å². The molecule has 30 heavy (non-hydrogen) atoms. The maximum atomic E-state index is 12.8. The predicted molar refractivity (Wildman–Crippen MR) is 114 cm³/mol. The van der Waals surface area contributed by atoms with Crippen LogP contribution in [0.3, 0.4) is 0 Å². The van der Waals surface area contributed by atoms with E-state index in [1.54, 1.807) is 13.3 Å². The van der Waals surface area contributed by atoms with Crippen LogP contribution in [0, 0.1) is 5.92 Å². The zero-order chi connectivity index (χ0) is 21.5. The Labute approximate surface area is 175 Å². The predicted octanol–water partition coefficient (Wildman–Crippen LogP) is 3.72. The zero-order valence-electron chi connectivity index (χ0n) is 17.8. The highest BCUT2D eigenvalue weighted by Gasteiger charge is 2.38. The zero-order valence-corrected chi connectivity index (χ0v) is 17.8. The molecule has 0 saturated heterocycles. The van der Waals surface area contributed by atoms with Crippen molar-refractivity contribution < 1.29 is 19.1 Å². The topological polar surface area (TPSA) is 70.4 Å². The van der Waals surface area contributed by atoms with Gasteiger partial charge in [0, 0.05) is 36.8 Å². The molecule has 1 aliphatic rings. The first-order valence-electron chi connectivity index (χ1n) is 10.1. The number of nitrogens with zero attached hydrogens (tertiary/aromatic N) is 2. The van der Waals surface area contributed by atoms with Gasteiger partial charge in [-0.25, -0.2) is 0 Å². The Morgan fingerprint density at radius 3 is 2.60 bits per heavy atom. The first-order chi connectivity index (χ1) is 14.3. The molecule has 0 radical (unpaired) electrons. The third kappa shape index (κ3) is 3.82. The number of fused-ring (bicyclic) bond motifs is 3. The molecule has 0 amide bonds. The van der Waals surface area contributed by atoms with Gasteiger partial charge in [0.05, 0.1) is 18.1 Å². The Bertz CT molecular complexity index is 1110. The maximum Gasteiger partial charge on any atom is 0.317 e. The first kappa shape index (κ1) is 20.1. The molecule has 6 nitrogen and oxygen atoms in total. The van der Waals surface area contributed by atoms with Crippen LogP contribution in [0.25, 0.3) is 11.0 Å². The molecule has 0 fully saturated rings. The van der Waals surface area contributed by atoms with Gasteiger partial charge in [-0.05, 0) is 50.6 Å². The van der Waals surface area contributed by atoms with Crippen molar-refractivity contribution in [1.82, 2.24) is 9.55 Å². The highest BCUT2D eigenvalue weighted by molar-refractivity contribution is 6.03. The molecule has 6 heteroatoms.